The number of anilines is 1. The summed E-state index contributed by atoms with van der Waals surface area (Å²) in [6.45, 7) is 2.65. The zero-order valence-electron chi connectivity index (χ0n) is 12.6. The minimum atomic E-state index is -3.23. The zero-order valence-corrected chi connectivity index (χ0v) is 15.0. The molecule has 0 aromatic heterocycles. The van der Waals surface area contributed by atoms with Crippen LogP contribution in [-0.2, 0) is 14.8 Å². The van der Waals surface area contributed by atoms with Crippen LogP contribution in [0.4, 0.5) is 5.69 Å². The van der Waals surface area contributed by atoms with Crippen molar-refractivity contribution < 1.29 is 13.2 Å². The van der Waals surface area contributed by atoms with Gasteiger partial charge in [-0.2, -0.15) is 0 Å². The number of sulfonamides is 1. The summed E-state index contributed by atoms with van der Waals surface area (Å²) in [5, 5.41) is 2.86. The summed E-state index contributed by atoms with van der Waals surface area (Å²) in [6.07, 6.45) is 2.04. The third-order valence-corrected chi connectivity index (χ3v) is 6.29. The number of piperidine rings is 1. The molecule has 0 saturated carbocycles. The van der Waals surface area contributed by atoms with E-state index < -0.39 is 10.0 Å². The Morgan fingerprint density at radius 2 is 2.05 bits per heavy atom. The SMILES string of the molecule is CCCS(=O)(=O)N1CCC[C@H](C(=O)Nc2ccc(Br)cc2)C1. The van der Waals surface area contributed by atoms with Crippen molar-refractivity contribution in [2.24, 2.45) is 5.92 Å². The molecule has 0 radical (unpaired) electrons. The molecule has 0 unspecified atom stereocenters. The van der Waals surface area contributed by atoms with Gasteiger partial charge in [-0.25, -0.2) is 12.7 Å². The third-order valence-electron chi connectivity index (χ3n) is 3.72. The molecule has 1 N–H and O–H groups in total. The van der Waals surface area contributed by atoms with E-state index in [4.69, 9.17) is 0 Å². The molecule has 1 amide bonds. The van der Waals surface area contributed by atoms with Crippen molar-refractivity contribution >= 4 is 37.5 Å². The molecule has 1 fully saturated rings. The maximum Gasteiger partial charge on any atom is 0.228 e. The van der Waals surface area contributed by atoms with Gasteiger partial charge in [0.25, 0.3) is 0 Å². The Hall–Kier alpha value is -0.920. The van der Waals surface area contributed by atoms with Gasteiger partial charge < -0.3 is 5.32 Å². The van der Waals surface area contributed by atoms with Crippen molar-refractivity contribution in [2.75, 3.05) is 24.2 Å². The first-order chi connectivity index (χ1) is 10.4. The number of hydrogen-bond donors (Lipinski definition) is 1. The number of carbonyl (C=O) groups excluding carboxylic acids is 1. The summed E-state index contributed by atoms with van der Waals surface area (Å²) < 4.78 is 26.7. The molecule has 2 rings (SSSR count). The maximum atomic E-state index is 12.3. The molecule has 5 nitrogen and oxygen atoms in total. The minimum absolute atomic E-state index is 0.112. The molecule has 1 aromatic carbocycles. The van der Waals surface area contributed by atoms with E-state index >= 15 is 0 Å². The van der Waals surface area contributed by atoms with Crippen LogP contribution in [0.3, 0.4) is 0 Å². The Morgan fingerprint density at radius 3 is 2.68 bits per heavy atom. The lowest BCUT2D eigenvalue weighted by atomic mass is 9.99. The minimum Gasteiger partial charge on any atom is -0.326 e. The average Bonchev–Trinajstić information content (AvgIpc) is 2.50. The largest absolute Gasteiger partial charge is 0.326 e. The van der Waals surface area contributed by atoms with Gasteiger partial charge in [0.15, 0.2) is 0 Å². The summed E-state index contributed by atoms with van der Waals surface area (Å²) in [6, 6.07) is 7.34. The Balaban J connectivity index is 1.99. The molecule has 7 heteroatoms. The summed E-state index contributed by atoms with van der Waals surface area (Å²) in [4.78, 5) is 12.3. The van der Waals surface area contributed by atoms with Crippen LogP contribution in [0.5, 0.6) is 0 Å². The maximum absolute atomic E-state index is 12.3. The fraction of sp³-hybridized carbons (Fsp3) is 0.533. The number of amides is 1. The van der Waals surface area contributed by atoms with Crippen molar-refractivity contribution in [1.82, 2.24) is 4.31 Å². The lowest BCUT2D eigenvalue weighted by Crippen LogP contribution is -2.44. The van der Waals surface area contributed by atoms with Gasteiger partial charge in [0, 0.05) is 23.2 Å². The van der Waals surface area contributed by atoms with Crippen LogP contribution < -0.4 is 5.32 Å². The summed E-state index contributed by atoms with van der Waals surface area (Å²) in [5.41, 5.74) is 0.724. The summed E-state index contributed by atoms with van der Waals surface area (Å²) >= 11 is 3.35. The van der Waals surface area contributed by atoms with Crippen LogP contribution in [0.25, 0.3) is 0 Å². The number of halogens is 1. The monoisotopic (exact) mass is 388 g/mol. The lowest BCUT2D eigenvalue weighted by Gasteiger charge is -2.31. The number of hydrogen-bond acceptors (Lipinski definition) is 3. The van der Waals surface area contributed by atoms with E-state index in [9.17, 15) is 13.2 Å². The van der Waals surface area contributed by atoms with Crippen LogP contribution in [0.15, 0.2) is 28.7 Å². The standard InChI is InChI=1S/C15H21BrN2O3S/c1-2-10-22(20,21)18-9-3-4-12(11-18)15(19)17-14-7-5-13(16)6-8-14/h5-8,12H,2-4,9-11H2,1H3,(H,17,19)/t12-/m0/s1. The van der Waals surface area contributed by atoms with Gasteiger partial charge in [0.2, 0.25) is 15.9 Å². The number of rotatable bonds is 5. The lowest BCUT2D eigenvalue weighted by molar-refractivity contribution is -0.120. The first-order valence-electron chi connectivity index (χ1n) is 7.46. The Morgan fingerprint density at radius 1 is 1.36 bits per heavy atom. The van der Waals surface area contributed by atoms with Crippen LogP contribution in [0, 0.1) is 5.92 Å². The van der Waals surface area contributed by atoms with Crippen molar-refractivity contribution in [3.8, 4) is 0 Å². The van der Waals surface area contributed by atoms with E-state index in [1.54, 1.807) is 0 Å². The average molecular weight is 389 g/mol. The number of nitrogens with one attached hydrogen (secondary N) is 1. The highest BCUT2D eigenvalue weighted by molar-refractivity contribution is 9.10. The molecule has 1 aromatic rings. The Labute approximate surface area is 140 Å². The molecule has 122 valence electrons. The van der Waals surface area contributed by atoms with E-state index in [1.807, 2.05) is 31.2 Å². The van der Waals surface area contributed by atoms with E-state index in [1.165, 1.54) is 4.31 Å². The van der Waals surface area contributed by atoms with Crippen LogP contribution in [-0.4, -0.2) is 37.5 Å². The number of benzene rings is 1. The predicted octanol–water partition coefficient (Wildman–Crippen LogP) is 2.84. The van der Waals surface area contributed by atoms with Crippen molar-refractivity contribution in [1.29, 1.82) is 0 Å². The molecule has 1 atom stereocenters. The highest BCUT2D eigenvalue weighted by atomic mass is 79.9. The molecule has 0 aliphatic carbocycles. The Kier molecular flexibility index (Phi) is 6.00. The molecule has 0 bridgehead atoms. The molecule has 1 saturated heterocycles. The highest BCUT2D eigenvalue weighted by Gasteiger charge is 2.31. The van der Waals surface area contributed by atoms with Crippen LogP contribution in [0.1, 0.15) is 26.2 Å². The van der Waals surface area contributed by atoms with Crippen LogP contribution in [0.2, 0.25) is 0 Å². The molecular weight excluding hydrogens is 368 g/mol. The van der Waals surface area contributed by atoms with Crippen molar-refractivity contribution in [3.63, 3.8) is 0 Å². The first kappa shape index (κ1) is 17.4. The normalized spacial score (nSPS) is 19.8. The second-order valence-corrected chi connectivity index (χ2v) is 8.51. The number of carbonyl (C=O) groups is 1. The van der Waals surface area contributed by atoms with E-state index in [0.29, 0.717) is 13.0 Å². The third kappa shape index (κ3) is 4.54. The molecule has 0 spiro atoms. The summed E-state index contributed by atoms with van der Waals surface area (Å²) in [7, 11) is -3.23. The van der Waals surface area contributed by atoms with Crippen molar-refractivity contribution in [3.05, 3.63) is 28.7 Å². The van der Waals surface area contributed by atoms with Gasteiger partial charge in [0.05, 0.1) is 11.7 Å². The fourth-order valence-corrected chi connectivity index (χ4v) is 4.43. The second-order valence-electron chi connectivity index (χ2n) is 5.51. The molecule has 1 aliphatic rings. The fourth-order valence-electron chi connectivity index (χ4n) is 2.57. The predicted molar refractivity (Wildman–Crippen MR) is 91.1 cm³/mol. The highest BCUT2D eigenvalue weighted by Crippen LogP contribution is 2.22. The van der Waals surface area contributed by atoms with Gasteiger partial charge in [0.1, 0.15) is 0 Å². The quantitative estimate of drug-likeness (QED) is 0.842. The summed E-state index contributed by atoms with van der Waals surface area (Å²) in [5.74, 6) is -0.253. The van der Waals surface area contributed by atoms with Gasteiger partial charge in [-0.1, -0.05) is 22.9 Å². The zero-order chi connectivity index (χ0) is 16.2. The smallest absolute Gasteiger partial charge is 0.228 e. The van der Waals surface area contributed by atoms with Gasteiger partial charge >= 0.3 is 0 Å². The second kappa shape index (κ2) is 7.57. The van der Waals surface area contributed by atoms with E-state index in [2.05, 4.69) is 21.2 Å². The van der Waals surface area contributed by atoms with Gasteiger partial charge in [-0.15, -0.1) is 0 Å². The molecule has 1 aliphatic heterocycles. The van der Waals surface area contributed by atoms with E-state index in [-0.39, 0.29) is 24.1 Å². The topological polar surface area (TPSA) is 66.5 Å². The first-order valence-corrected chi connectivity index (χ1v) is 9.87. The van der Waals surface area contributed by atoms with E-state index in [0.717, 1.165) is 23.0 Å². The van der Waals surface area contributed by atoms with Gasteiger partial charge in [-0.05, 0) is 43.5 Å². The van der Waals surface area contributed by atoms with Crippen LogP contribution >= 0.6 is 15.9 Å². The Bertz CT molecular complexity index is 616. The number of nitrogens with zero attached hydrogens (tertiary/aromatic N) is 1. The van der Waals surface area contributed by atoms with Gasteiger partial charge in [-0.3, -0.25) is 4.79 Å². The molecular formula is C15H21BrN2O3S. The van der Waals surface area contributed by atoms with Crippen molar-refractivity contribution in [2.45, 2.75) is 26.2 Å². The molecule has 1 heterocycles. The molecule has 22 heavy (non-hydrogen) atoms.